The van der Waals surface area contributed by atoms with Crippen LogP contribution in [0, 0.1) is 0 Å². The quantitative estimate of drug-likeness (QED) is 0.731. The summed E-state index contributed by atoms with van der Waals surface area (Å²) in [6.07, 6.45) is 0. The average Bonchev–Trinajstić information content (AvgIpc) is 2.52. The summed E-state index contributed by atoms with van der Waals surface area (Å²) in [7, 11) is 15.8. The van der Waals surface area contributed by atoms with E-state index in [1.807, 2.05) is 14.1 Å². The van der Waals surface area contributed by atoms with Crippen LogP contribution >= 0.6 is 18.6 Å². The minimum Gasteiger partial charge on any atom is -0.329 e. The van der Waals surface area contributed by atoms with Gasteiger partial charge < -0.3 is 10.6 Å². The Morgan fingerprint density at radius 1 is 1.14 bits per heavy atom. The van der Waals surface area contributed by atoms with Crippen molar-refractivity contribution in [1.82, 2.24) is 4.90 Å². The van der Waals surface area contributed by atoms with Crippen molar-refractivity contribution in [1.29, 1.82) is 0 Å². The van der Waals surface area contributed by atoms with Gasteiger partial charge in [0, 0.05) is 13.1 Å². The average molecular weight is 386 g/mol. The van der Waals surface area contributed by atoms with Gasteiger partial charge in [-0.05, 0) is 14.1 Å². The summed E-state index contributed by atoms with van der Waals surface area (Å²) in [5, 5.41) is 0.243. The molecule has 123 valence electrons. The number of hydrogen-bond acceptors (Lipinski definition) is 2. The first kappa shape index (κ1) is 21.9. The van der Waals surface area contributed by atoms with Crippen LogP contribution in [-0.2, 0) is 15.7 Å². The number of nitrogens with two attached hydrogens (primary N) is 1. The number of halogens is 2. The van der Waals surface area contributed by atoms with Gasteiger partial charge in [0.05, 0.1) is 0 Å². The molecule has 1 unspecified atom stereocenters. The predicted octanol–water partition coefficient (Wildman–Crippen LogP) is 4.29. The fourth-order valence-corrected chi connectivity index (χ4v) is 11.8. The number of rotatable bonds is 4. The van der Waals surface area contributed by atoms with E-state index < -0.39 is 24.5 Å². The summed E-state index contributed by atoms with van der Waals surface area (Å²) < 4.78 is 1.42. The van der Waals surface area contributed by atoms with E-state index in [0.717, 1.165) is 13.1 Å². The van der Waals surface area contributed by atoms with Gasteiger partial charge >= 0.3 is 110 Å². The third-order valence-electron chi connectivity index (χ3n) is 4.72. The smallest absolute Gasteiger partial charge is 0.00985 e. The maximum atomic E-state index is 6.31. The molecule has 1 atom stereocenters. The second-order valence-corrected chi connectivity index (χ2v) is 15.4. The Morgan fingerprint density at radius 3 is 1.81 bits per heavy atom. The first-order valence-electron chi connectivity index (χ1n) is 7.44. The summed E-state index contributed by atoms with van der Waals surface area (Å²) in [6, 6.07) is 0. The summed E-state index contributed by atoms with van der Waals surface area (Å²) >= 11 is -1.99. The molecular formula is C15H31Cl2N2SiTi. The largest absolute Gasteiger partial charge is 0.329 e. The standard InChI is InChI=1S/C11H19Si.C4H12N2.2ClH.Ti/c1-8-7-11(4,12(5)6)10(3)9(8)2;1-6(2)4-3-5;;;/h12H,1-6H3;3-5H2,1-2H3;2*1H;/q;;;;+2/p-2. The van der Waals surface area contributed by atoms with Crippen LogP contribution in [0.1, 0.15) is 27.7 Å². The van der Waals surface area contributed by atoms with Crippen molar-refractivity contribution >= 4 is 27.4 Å². The zero-order valence-electron chi connectivity index (χ0n) is 14.8. The molecule has 0 aromatic carbocycles. The normalized spacial score (nSPS) is 22.1. The molecule has 2 N–H and O–H groups in total. The Labute approximate surface area is 146 Å². The Bertz CT molecular complexity index is 420. The van der Waals surface area contributed by atoms with Gasteiger partial charge in [-0.3, -0.25) is 0 Å². The van der Waals surface area contributed by atoms with Crippen LogP contribution in [0.4, 0.5) is 0 Å². The molecule has 0 radical (unpaired) electrons. The van der Waals surface area contributed by atoms with Crippen molar-refractivity contribution in [2.45, 2.75) is 45.8 Å². The monoisotopic (exact) mass is 385 g/mol. The Morgan fingerprint density at radius 2 is 1.62 bits per heavy atom. The zero-order valence-corrected chi connectivity index (χ0v) is 19.0. The molecule has 1 aliphatic carbocycles. The second-order valence-electron chi connectivity index (χ2n) is 6.46. The third-order valence-corrected chi connectivity index (χ3v) is 11.7. The number of hydrogen-bond donors (Lipinski definition) is 1. The van der Waals surface area contributed by atoms with Crippen LogP contribution in [-0.4, -0.2) is 40.9 Å². The minimum absolute atomic E-state index is 0.243. The SMILES string of the molecule is CC1=C(C)C(C)([SiH](C)C)[C]([Ti]([Cl])[Cl])=C1C.CN(C)CCN. The Balaban J connectivity index is 0.000000567. The summed E-state index contributed by atoms with van der Waals surface area (Å²) in [4.78, 5) is 2.06. The zero-order chi connectivity index (χ0) is 17.0. The van der Waals surface area contributed by atoms with Crippen LogP contribution in [0.5, 0.6) is 0 Å². The van der Waals surface area contributed by atoms with Crippen LogP contribution < -0.4 is 5.73 Å². The predicted molar refractivity (Wildman–Crippen MR) is 97.6 cm³/mol. The molecule has 2 nitrogen and oxygen atoms in total. The van der Waals surface area contributed by atoms with Gasteiger partial charge in [0.25, 0.3) is 0 Å². The molecule has 1 aliphatic rings. The Kier molecular flexibility index (Phi) is 9.67. The maximum Gasteiger partial charge on any atom is 0.00985 e. The molecule has 6 heteroatoms. The molecular weight excluding hydrogens is 355 g/mol. The topological polar surface area (TPSA) is 29.3 Å². The minimum atomic E-state index is -1.99. The van der Waals surface area contributed by atoms with Gasteiger partial charge in [-0.25, -0.2) is 0 Å². The van der Waals surface area contributed by atoms with E-state index in [4.69, 9.17) is 24.3 Å². The fourth-order valence-electron chi connectivity index (χ4n) is 2.75. The van der Waals surface area contributed by atoms with E-state index >= 15 is 0 Å². The molecule has 0 fully saturated rings. The van der Waals surface area contributed by atoms with Gasteiger partial charge in [0.15, 0.2) is 0 Å². The van der Waals surface area contributed by atoms with Crippen molar-refractivity contribution in [3.8, 4) is 0 Å². The molecule has 1 rings (SSSR count). The van der Waals surface area contributed by atoms with E-state index in [9.17, 15) is 0 Å². The van der Waals surface area contributed by atoms with Gasteiger partial charge in [0.2, 0.25) is 0 Å². The molecule has 0 aliphatic heterocycles. The van der Waals surface area contributed by atoms with E-state index in [-0.39, 0.29) is 5.04 Å². The number of allylic oxidation sites excluding steroid dienone is 4. The molecule has 0 saturated heterocycles. The Hall–Kier alpha value is 0.911. The molecule has 21 heavy (non-hydrogen) atoms. The van der Waals surface area contributed by atoms with Crippen LogP contribution in [0.15, 0.2) is 20.6 Å². The third kappa shape index (κ3) is 5.20. The van der Waals surface area contributed by atoms with Crippen LogP contribution in [0.25, 0.3) is 0 Å². The molecule has 0 saturated carbocycles. The molecule has 0 bridgehead atoms. The van der Waals surface area contributed by atoms with Crippen molar-refractivity contribution in [3.05, 3.63) is 20.6 Å². The maximum absolute atomic E-state index is 6.31. The number of nitrogens with zero attached hydrogens (tertiary/aromatic N) is 1. The molecule has 0 spiro atoms. The molecule has 0 aromatic heterocycles. The summed E-state index contributed by atoms with van der Waals surface area (Å²) in [5.74, 6) is 0. The van der Waals surface area contributed by atoms with Crippen LogP contribution in [0.2, 0.25) is 18.1 Å². The van der Waals surface area contributed by atoms with Crippen molar-refractivity contribution in [2.24, 2.45) is 5.73 Å². The van der Waals surface area contributed by atoms with Crippen LogP contribution in [0.3, 0.4) is 0 Å². The number of likely N-dealkylation sites (N-methyl/N-ethyl adjacent to an activating group) is 1. The van der Waals surface area contributed by atoms with Gasteiger partial charge in [0.1, 0.15) is 0 Å². The van der Waals surface area contributed by atoms with Crippen molar-refractivity contribution in [2.75, 3.05) is 27.2 Å². The van der Waals surface area contributed by atoms with E-state index in [1.54, 1.807) is 0 Å². The summed E-state index contributed by atoms with van der Waals surface area (Å²) in [5.41, 5.74) is 9.52. The second kappa shape index (κ2) is 9.27. The molecule has 0 amide bonds. The van der Waals surface area contributed by atoms with E-state index in [1.165, 1.54) is 20.6 Å². The fraction of sp³-hybridized carbons (Fsp3) is 0.733. The van der Waals surface area contributed by atoms with Gasteiger partial charge in [-0.15, -0.1) is 0 Å². The van der Waals surface area contributed by atoms with Gasteiger partial charge in [-0.1, -0.05) is 0 Å². The summed E-state index contributed by atoms with van der Waals surface area (Å²) in [6.45, 7) is 15.5. The van der Waals surface area contributed by atoms with Crippen molar-refractivity contribution < 1.29 is 15.7 Å². The van der Waals surface area contributed by atoms with Crippen molar-refractivity contribution in [3.63, 3.8) is 0 Å². The van der Waals surface area contributed by atoms with Gasteiger partial charge in [-0.2, -0.15) is 0 Å². The van der Waals surface area contributed by atoms with E-state index in [0.29, 0.717) is 0 Å². The molecule has 0 heterocycles. The van der Waals surface area contributed by atoms with E-state index in [2.05, 4.69) is 45.7 Å². The first-order chi connectivity index (χ1) is 9.51. The molecule has 0 aromatic rings. The first-order valence-corrected chi connectivity index (χ1v) is 15.4.